The number of nitrogens with zero attached hydrogens (tertiary/aromatic N) is 1. The molecule has 0 aliphatic carbocycles. The first-order valence-electron chi connectivity index (χ1n) is 7.32. The number of hydrogen-bond acceptors (Lipinski definition) is 3. The van der Waals surface area contributed by atoms with E-state index < -0.39 is 5.60 Å². The lowest BCUT2D eigenvalue weighted by molar-refractivity contribution is 0.00454. The fraction of sp³-hybridized carbons (Fsp3) is 0.353. The van der Waals surface area contributed by atoms with Crippen LogP contribution < -0.4 is 5.32 Å². The van der Waals surface area contributed by atoms with E-state index >= 15 is 0 Å². The van der Waals surface area contributed by atoms with Gasteiger partial charge in [0, 0.05) is 5.69 Å². The van der Waals surface area contributed by atoms with Gasteiger partial charge in [-0.2, -0.15) is 0 Å². The number of rotatable bonds is 3. The SMILES string of the molecule is CCC(O)(c1ccc(F)cn1)C1CCc2ccccc2N1. The third kappa shape index (κ3) is 2.51. The van der Waals surface area contributed by atoms with Gasteiger partial charge in [-0.15, -0.1) is 0 Å². The highest BCUT2D eigenvalue weighted by Gasteiger charge is 2.39. The van der Waals surface area contributed by atoms with Crippen LogP contribution in [0.3, 0.4) is 0 Å². The van der Waals surface area contributed by atoms with E-state index in [1.807, 2.05) is 25.1 Å². The summed E-state index contributed by atoms with van der Waals surface area (Å²) in [5.41, 5.74) is 1.74. The predicted molar refractivity (Wildman–Crippen MR) is 80.6 cm³/mol. The second-order valence-corrected chi connectivity index (χ2v) is 5.53. The molecule has 0 radical (unpaired) electrons. The molecule has 3 rings (SSSR count). The Morgan fingerprint density at radius 2 is 2.14 bits per heavy atom. The van der Waals surface area contributed by atoms with Gasteiger partial charge in [-0.1, -0.05) is 25.1 Å². The number of aromatic nitrogens is 1. The maximum Gasteiger partial charge on any atom is 0.141 e. The lowest BCUT2D eigenvalue weighted by atomic mass is 9.81. The molecule has 1 aromatic heterocycles. The van der Waals surface area contributed by atoms with E-state index in [0.717, 1.165) is 24.7 Å². The van der Waals surface area contributed by atoms with E-state index in [9.17, 15) is 9.50 Å². The quantitative estimate of drug-likeness (QED) is 0.910. The van der Waals surface area contributed by atoms with Gasteiger partial charge in [-0.25, -0.2) is 4.39 Å². The summed E-state index contributed by atoms with van der Waals surface area (Å²) in [6.45, 7) is 1.92. The van der Waals surface area contributed by atoms with Crippen molar-refractivity contribution in [3.8, 4) is 0 Å². The Morgan fingerprint density at radius 3 is 2.86 bits per heavy atom. The number of aryl methyl sites for hydroxylation is 1. The Hall–Kier alpha value is -1.94. The van der Waals surface area contributed by atoms with Gasteiger partial charge < -0.3 is 10.4 Å². The zero-order valence-electron chi connectivity index (χ0n) is 12.0. The van der Waals surface area contributed by atoms with Crippen molar-refractivity contribution >= 4 is 5.69 Å². The zero-order chi connectivity index (χ0) is 14.9. The predicted octanol–water partition coefficient (Wildman–Crippen LogP) is 3.25. The van der Waals surface area contributed by atoms with Gasteiger partial charge in [0.15, 0.2) is 0 Å². The number of para-hydroxylation sites is 1. The van der Waals surface area contributed by atoms with Crippen molar-refractivity contribution in [1.82, 2.24) is 4.98 Å². The number of fused-ring (bicyclic) bond motifs is 1. The Kier molecular flexibility index (Phi) is 3.64. The first-order valence-corrected chi connectivity index (χ1v) is 7.32. The highest BCUT2D eigenvalue weighted by atomic mass is 19.1. The normalized spacial score (nSPS) is 20.2. The number of aliphatic hydroxyl groups is 1. The lowest BCUT2D eigenvalue weighted by Crippen LogP contribution is -2.46. The molecule has 21 heavy (non-hydrogen) atoms. The van der Waals surface area contributed by atoms with Crippen LogP contribution in [0.2, 0.25) is 0 Å². The summed E-state index contributed by atoms with van der Waals surface area (Å²) in [6, 6.07) is 10.9. The smallest absolute Gasteiger partial charge is 0.141 e. The molecule has 0 amide bonds. The van der Waals surface area contributed by atoms with Crippen molar-refractivity contribution in [2.75, 3.05) is 5.32 Å². The molecular formula is C17H19FN2O. The molecule has 0 bridgehead atoms. The molecule has 2 aromatic rings. The Bertz CT molecular complexity index is 629. The largest absolute Gasteiger partial charge is 0.381 e. The molecule has 2 atom stereocenters. The van der Waals surface area contributed by atoms with Crippen molar-refractivity contribution in [2.45, 2.75) is 37.8 Å². The summed E-state index contributed by atoms with van der Waals surface area (Å²) in [5, 5.41) is 14.5. The molecule has 110 valence electrons. The van der Waals surface area contributed by atoms with Crippen LogP contribution >= 0.6 is 0 Å². The fourth-order valence-electron chi connectivity index (χ4n) is 3.03. The van der Waals surface area contributed by atoms with E-state index in [1.54, 1.807) is 6.07 Å². The van der Waals surface area contributed by atoms with E-state index in [1.165, 1.54) is 11.6 Å². The van der Waals surface area contributed by atoms with Crippen molar-refractivity contribution in [2.24, 2.45) is 0 Å². The second kappa shape index (κ2) is 5.45. The van der Waals surface area contributed by atoms with Gasteiger partial charge in [0.1, 0.15) is 11.4 Å². The van der Waals surface area contributed by atoms with Gasteiger partial charge in [0.05, 0.1) is 17.9 Å². The standard InChI is InChI=1S/C17H19FN2O/c1-2-17(21,15-10-8-13(18)11-19-15)16-9-7-12-5-3-4-6-14(12)20-16/h3-6,8,10-11,16,20-21H,2,7,9H2,1H3. The zero-order valence-corrected chi connectivity index (χ0v) is 12.0. The number of hydrogen-bond donors (Lipinski definition) is 2. The molecule has 0 saturated carbocycles. The molecule has 2 heterocycles. The molecule has 3 nitrogen and oxygen atoms in total. The summed E-state index contributed by atoms with van der Waals surface area (Å²) < 4.78 is 13.1. The van der Waals surface area contributed by atoms with E-state index in [0.29, 0.717) is 12.1 Å². The number of anilines is 1. The lowest BCUT2D eigenvalue weighted by Gasteiger charge is -2.39. The Labute approximate surface area is 123 Å². The van der Waals surface area contributed by atoms with E-state index in [4.69, 9.17) is 0 Å². The maximum atomic E-state index is 13.1. The topological polar surface area (TPSA) is 45.2 Å². The van der Waals surface area contributed by atoms with E-state index in [-0.39, 0.29) is 11.9 Å². The van der Waals surface area contributed by atoms with Crippen LogP contribution in [-0.4, -0.2) is 16.1 Å². The van der Waals surface area contributed by atoms with Crippen molar-refractivity contribution in [1.29, 1.82) is 0 Å². The third-order valence-electron chi connectivity index (χ3n) is 4.34. The van der Waals surface area contributed by atoms with Crippen LogP contribution in [0, 0.1) is 5.82 Å². The minimum Gasteiger partial charge on any atom is -0.381 e. The summed E-state index contributed by atoms with van der Waals surface area (Å²) in [7, 11) is 0. The molecule has 0 spiro atoms. The fourth-order valence-corrected chi connectivity index (χ4v) is 3.03. The summed E-state index contributed by atoms with van der Waals surface area (Å²) in [4.78, 5) is 4.09. The molecule has 1 aromatic carbocycles. The average Bonchev–Trinajstić information content (AvgIpc) is 2.54. The van der Waals surface area contributed by atoms with Gasteiger partial charge in [-0.3, -0.25) is 4.98 Å². The molecular weight excluding hydrogens is 267 g/mol. The van der Waals surface area contributed by atoms with Crippen LogP contribution in [-0.2, 0) is 12.0 Å². The average molecular weight is 286 g/mol. The van der Waals surface area contributed by atoms with Crippen LogP contribution in [0.25, 0.3) is 0 Å². The highest BCUT2D eigenvalue weighted by molar-refractivity contribution is 5.54. The Morgan fingerprint density at radius 1 is 1.33 bits per heavy atom. The van der Waals surface area contributed by atoms with Crippen molar-refractivity contribution in [3.05, 3.63) is 59.7 Å². The molecule has 2 unspecified atom stereocenters. The Balaban J connectivity index is 1.92. The van der Waals surface area contributed by atoms with Gasteiger partial charge in [0.25, 0.3) is 0 Å². The minimum absolute atomic E-state index is 0.129. The van der Waals surface area contributed by atoms with Gasteiger partial charge in [-0.05, 0) is 43.0 Å². The van der Waals surface area contributed by atoms with Gasteiger partial charge >= 0.3 is 0 Å². The van der Waals surface area contributed by atoms with Crippen LogP contribution in [0.4, 0.5) is 10.1 Å². The number of pyridine rings is 1. The number of nitrogens with one attached hydrogen (secondary N) is 1. The molecule has 0 saturated heterocycles. The van der Waals surface area contributed by atoms with Crippen LogP contribution in [0.5, 0.6) is 0 Å². The monoisotopic (exact) mass is 286 g/mol. The van der Waals surface area contributed by atoms with Crippen molar-refractivity contribution in [3.63, 3.8) is 0 Å². The van der Waals surface area contributed by atoms with Gasteiger partial charge in [0.2, 0.25) is 0 Å². The van der Waals surface area contributed by atoms with E-state index in [2.05, 4.69) is 16.4 Å². The molecule has 1 aliphatic rings. The van der Waals surface area contributed by atoms with Crippen LogP contribution in [0.1, 0.15) is 31.0 Å². The molecule has 2 N–H and O–H groups in total. The maximum absolute atomic E-state index is 13.1. The first-order chi connectivity index (χ1) is 10.1. The molecule has 1 aliphatic heterocycles. The van der Waals surface area contributed by atoms with Crippen molar-refractivity contribution < 1.29 is 9.50 Å². The number of benzene rings is 1. The first kappa shape index (κ1) is 14.0. The summed E-state index contributed by atoms with van der Waals surface area (Å²) in [6.07, 6.45) is 3.41. The summed E-state index contributed by atoms with van der Waals surface area (Å²) >= 11 is 0. The second-order valence-electron chi connectivity index (χ2n) is 5.53. The minimum atomic E-state index is -1.10. The molecule has 0 fully saturated rings. The summed E-state index contributed by atoms with van der Waals surface area (Å²) in [5.74, 6) is -0.390. The molecule has 4 heteroatoms. The highest BCUT2D eigenvalue weighted by Crippen LogP contribution is 2.36. The number of halogens is 1. The third-order valence-corrected chi connectivity index (χ3v) is 4.34. The van der Waals surface area contributed by atoms with Crippen LogP contribution in [0.15, 0.2) is 42.6 Å².